The molecule has 3 aliphatic carbocycles. The molecule has 1 aromatic carbocycles. The van der Waals surface area contributed by atoms with Crippen molar-refractivity contribution in [3.05, 3.63) is 53.7 Å². The highest BCUT2D eigenvalue weighted by molar-refractivity contribution is 6.48. The SMILES string of the molecule is Cc1nc(C(=O)NCC2=NOC(Cc3ccccc3)(C(=O)N[C@@H](CC(C)C)B3O[C@@H]4C[C@@H]5C[C@@H](C5(C)C)[C@]4(C)O3)C2)co1. The number of hydrogen-bond acceptors (Lipinski definition) is 8. The van der Waals surface area contributed by atoms with E-state index in [-0.39, 0.29) is 53.5 Å². The first-order valence-electron chi connectivity index (χ1n) is 15.5. The molecular formula is C32H43BN4O6. The minimum Gasteiger partial charge on any atom is -0.448 e. The van der Waals surface area contributed by atoms with Crippen molar-refractivity contribution in [3.8, 4) is 0 Å². The van der Waals surface area contributed by atoms with E-state index in [2.05, 4.69) is 55.4 Å². The first-order chi connectivity index (χ1) is 20.4. The first kappa shape index (κ1) is 29.9. The molecule has 1 unspecified atom stereocenters. The molecule has 1 aromatic heterocycles. The summed E-state index contributed by atoms with van der Waals surface area (Å²) in [6.45, 7) is 12.9. The van der Waals surface area contributed by atoms with Crippen LogP contribution in [-0.4, -0.2) is 59.4 Å². The summed E-state index contributed by atoms with van der Waals surface area (Å²) in [6, 6.07) is 9.76. The number of hydrogen-bond donors (Lipinski definition) is 2. The van der Waals surface area contributed by atoms with Crippen molar-refractivity contribution >= 4 is 24.6 Å². The number of nitrogens with zero attached hydrogens (tertiary/aromatic N) is 2. The molecule has 2 N–H and O–H groups in total. The highest BCUT2D eigenvalue weighted by atomic mass is 16.7. The second-order valence-corrected chi connectivity index (χ2v) is 14.1. The highest BCUT2D eigenvalue weighted by Gasteiger charge is 2.68. The van der Waals surface area contributed by atoms with Crippen molar-refractivity contribution < 1.29 is 28.2 Å². The standard InChI is InChI=1S/C32H43BN4O6/c1-19(2)12-27(33-41-26-14-22-13-25(30(22,4)5)31(26,6)42-33)36-29(39)32(15-21-10-8-7-9-11-21)16-23(37-43-32)17-34-28(38)24-18-40-20(3)35-24/h7-11,18-19,22,25-27H,12-17H2,1-6H3,(H,34,38)(H,36,39)/t22-,25-,26+,27-,31-,32?/m0/s1. The Morgan fingerprint density at radius 1 is 1.14 bits per heavy atom. The van der Waals surface area contributed by atoms with Crippen LogP contribution in [0, 0.1) is 30.1 Å². The van der Waals surface area contributed by atoms with Crippen LogP contribution in [0.3, 0.4) is 0 Å². The Morgan fingerprint density at radius 3 is 2.58 bits per heavy atom. The van der Waals surface area contributed by atoms with E-state index in [4.69, 9.17) is 18.6 Å². The summed E-state index contributed by atoms with van der Waals surface area (Å²) in [5.74, 6) is 0.774. The van der Waals surface area contributed by atoms with Gasteiger partial charge in [0.25, 0.3) is 11.8 Å². The molecule has 3 heterocycles. The smallest absolute Gasteiger partial charge is 0.448 e. The van der Waals surface area contributed by atoms with Crippen LogP contribution in [0.4, 0.5) is 0 Å². The number of rotatable bonds is 10. The number of carbonyl (C=O) groups is 2. The van der Waals surface area contributed by atoms with Crippen LogP contribution < -0.4 is 10.6 Å². The number of oxime groups is 1. The minimum absolute atomic E-state index is 0.0221. The Balaban J connectivity index is 1.18. The number of carbonyl (C=O) groups excluding carboxylic acids is 2. The molecule has 2 aliphatic heterocycles. The maximum absolute atomic E-state index is 14.3. The van der Waals surface area contributed by atoms with Crippen LogP contribution in [0.25, 0.3) is 0 Å². The molecule has 2 bridgehead atoms. The lowest BCUT2D eigenvalue weighted by Crippen LogP contribution is -2.65. The second-order valence-electron chi connectivity index (χ2n) is 14.1. The van der Waals surface area contributed by atoms with E-state index in [9.17, 15) is 9.59 Å². The van der Waals surface area contributed by atoms with Gasteiger partial charge >= 0.3 is 7.12 Å². The molecule has 43 heavy (non-hydrogen) atoms. The van der Waals surface area contributed by atoms with Crippen molar-refractivity contribution in [2.45, 2.75) is 96.9 Å². The number of amides is 2. The number of benzene rings is 1. The third-order valence-electron chi connectivity index (χ3n) is 10.2. The van der Waals surface area contributed by atoms with Gasteiger partial charge in [0.1, 0.15) is 6.26 Å². The molecule has 2 aromatic rings. The summed E-state index contributed by atoms with van der Waals surface area (Å²) in [6.07, 6.45) is 4.73. The third kappa shape index (κ3) is 5.50. The van der Waals surface area contributed by atoms with E-state index in [1.54, 1.807) is 6.92 Å². The fraction of sp³-hybridized carbons (Fsp3) is 0.625. The normalized spacial score (nSPS) is 31.1. The summed E-state index contributed by atoms with van der Waals surface area (Å²) >= 11 is 0. The molecule has 7 rings (SSSR count). The van der Waals surface area contributed by atoms with Crippen LogP contribution in [0.15, 0.2) is 46.2 Å². The number of nitrogens with one attached hydrogen (secondary N) is 2. The minimum atomic E-state index is -1.28. The van der Waals surface area contributed by atoms with Crippen molar-refractivity contribution in [1.29, 1.82) is 0 Å². The van der Waals surface area contributed by atoms with Gasteiger partial charge in [0.15, 0.2) is 11.6 Å². The van der Waals surface area contributed by atoms with Crippen LogP contribution >= 0.6 is 0 Å². The summed E-state index contributed by atoms with van der Waals surface area (Å²) in [5.41, 5.74) is 0.284. The van der Waals surface area contributed by atoms with Gasteiger partial charge in [0.2, 0.25) is 5.60 Å². The van der Waals surface area contributed by atoms with Gasteiger partial charge in [0.05, 0.1) is 29.9 Å². The molecule has 10 nitrogen and oxygen atoms in total. The fourth-order valence-corrected chi connectivity index (χ4v) is 7.72. The van der Waals surface area contributed by atoms with Crippen LogP contribution in [0.2, 0.25) is 0 Å². The van der Waals surface area contributed by atoms with Crippen molar-refractivity contribution in [2.75, 3.05) is 6.54 Å². The Kier molecular flexibility index (Phi) is 7.69. The zero-order valence-corrected chi connectivity index (χ0v) is 26.0. The summed E-state index contributed by atoms with van der Waals surface area (Å²) in [5, 5.41) is 10.4. The van der Waals surface area contributed by atoms with Gasteiger partial charge < -0.3 is 29.2 Å². The van der Waals surface area contributed by atoms with Gasteiger partial charge in [-0.05, 0) is 54.9 Å². The Labute approximate surface area is 253 Å². The molecular weight excluding hydrogens is 547 g/mol. The molecule has 5 aliphatic rings. The monoisotopic (exact) mass is 590 g/mol. The van der Waals surface area contributed by atoms with E-state index in [0.717, 1.165) is 18.4 Å². The van der Waals surface area contributed by atoms with Crippen LogP contribution in [-0.2, 0) is 25.4 Å². The van der Waals surface area contributed by atoms with Gasteiger partial charge in [-0.15, -0.1) is 0 Å². The average molecular weight is 591 g/mol. The van der Waals surface area contributed by atoms with Crippen molar-refractivity contribution in [2.24, 2.45) is 28.3 Å². The zero-order valence-electron chi connectivity index (χ0n) is 26.0. The maximum atomic E-state index is 14.3. The zero-order chi connectivity index (χ0) is 30.6. The topological polar surface area (TPSA) is 124 Å². The van der Waals surface area contributed by atoms with Crippen LogP contribution in [0.5, 0.6) is 0 Å². The molecule has 4 fully saturated rings. The summed E-state index contributed by atoms with van der Waals surface area (Å²) < 4.78 is 18.5. The largest absolute Gasteiger partial charge is 0.481 e. The second kappa shape index (κ2) is 11.1. The summed E-state index contributed by atoms with van der Waals surface area (Å²) in [4.78, 5) is 36.9. The predicted molar refractivity (Wildman–Crippen MR) is 161 cm³/mol. The number of oxazole rings is 1. The van der Waals surface area contributed by atoms with E-state index in [1.807, 2.05) is 30.3 Å². The lowest BCUT2D eigenvalue weighted by molar-refractivity contribution is -0.199. The fourth-order valence-electron chi connectivity index (χ4n) is 7.72. The molecule has 2 amide bonds. The van der Waals surface area contributed by atoms with Gasteiger partial charge in [-0.3, -0.25) is 9.59 Å². The maximum Gasteiger partial charge on any atom is 0.481 e. The molecule has 230 valence electrons. The van der Waals surface area contributed by atoms with Gasteiger partial charge in [-0.2, -0.15) is 0 Å². The average Bonchev–Trinajstić information content (AvgIpc) is 3.68. The Bertz CT molecular complexity index is 1400. The van der Waals surface area contributed by atoms with E-state index >= 15 is 0 Å². The van der Waals surface area contributed by atoms with Crippen molar-refractivity contribution in [3.63, 3.8) is 0 Å². The number of aromatic nitrogens is 1. The molecule has 6 atom stereocenters. The molecule has 11 heteroatoms. The lowest BCUT2D eigenvalue weighted by atomic mass is 9.43. The Hall–Kier alpha value is -3.18. The van der Waals surface area contributed by atoms with E-state index in [0.29, 0.717) is 42.2 Å². The lowest BCUT2D eigenvalue weighted by Gasteiger charge is -2.64. The molecule has 0 radical (unpaired) electrons. The van der Waals surface area contributed by atoms with E-state index < -0.39 is 12.7 Å². The number of aryl methyl sites for hydroxylation is 1. The molecule has 1 saturated heterocycles. The predicted octanol–water partition coefficient (Wildman–Crippen LogP) is 4.27. The summed E-state index contributed by atoms with van der Waals surface area (Å²) in [7, 11) is -0.544. The van der Waals surface area contributed by atoms with Gasteiger partial charge in [-0.25, -0.2) is 4.98 Å². The highest BCUT2D eigenvalue weighted by Crippen LogP contribution is 2.65. The quantitative estimate of drug-likeness (QED) is 0.396. The van der Waals surface area contributed by atoms with E-state index in [1.165, 1.54) is 6.26 Å². The Morgan fingerprint density at radius 2 is 1.91 bits per heavy atom. The van der Waals surface area contributed by atoms with Crippen LogP contribution in [0.1, 0.15) is 82.2 Å². The van der Waals surface area contributed by atoms with Gasteiger partial charge in [-0.1, -0.05) is 63.2 Å². The van der Waals surface area contributed by atoms with Crippen molar-refractivity contribution in [1.82, 2.24) is 15.6 Å². The molecule has 0 spiro atoms. The first-order valence-corrected chi connectivity index (χ1v) is 15.5. The van der Waals surface area contributed by atoms with Gasteiger partial charge in [0, 0.05) is 19.8 Å². The molecule has 3 saturated carbocycles. The third-order valence-corrected chi connectivity index (χ3v) is 10.2.